The fourth-order valence-electron chi connectivity index (χ4n) is 6.81. The van der Waals surface area contributed by atoms with Crippen LogP contribution in [-0.2, 0) is 0 Å². The summed E-state index contributed by atoms with van der Waals surface area (Å²) >= 11 is 0. The van der Waals surface area contributed by atoms with E-state index in [1.54, 1.807) is 0 Å². The van der Waals surface area contributed by atoms with Crippen LogP contribution in [0.3, 0.4) is 0 Å². The number of aryl methyl sites for hydroxylation is 2. The Hall–Kier alpha value is -6.27. The van der Waals surface area contributed by atoms with Crippen molar-refractivity contribution in [1.29, 1.82) is 0 Å². The van der Waals surface area contributed by atoms with Gasteiger partial charge in [0.15, 0.2) is 0 Å². The summed E-state index contributed by atoms with van der Waals surface area (Å²) < 4.78 is 0. The average molecular weight is 609 g/mol. The normalized spacial score (nSPS) is 12.1. The van der Waals surface area contributed by atoms with Gasteiger partial charge in [0, 0.05) is 48.9 Å². The predicted octanol–water partition coefficient (Wildman–Crippen LogP) is 9.98. The van der Waals surface area contributed by atoms with E-state index in [1.165, 1.54) is 0 Å². The van der Waals surface area contributed by atoms with Gasteiger partial charge in [-0.2, -0.15) is 0 Å². The Morgan fingerprint density at radius 3 is 1.70 bits per heavy atom. The minimum atomic E-state index is 0.124. The van der Waals surface area contributed by atoms with Crippen molar-refractivity contribution >= 4 is 77.6 Å². The van der Waals surface area contributed by atoms with Crippen LogP contribution in [0.5, 0.6) is 11.5 Å². The number of aromatic amines is 1. The van der Waals surface area contributed by atoms with E-state index in [2.05, 4.69) is 17.1 Å². The quantitative estimate of drug-likeness (QED) is 0.161. The molecule has 3 N–H and O–H groups in total. The maximum atomic E-state index is 11.8. The fourth-order valence-corrected chi connectivity index (χ4v) is 6.81. The van der Waals surface area contributed by atoms with Crippen LogP contribution in [0.15, 0.2) is 103 Å². The predicted molar refractivity (Wildman–Crippen MR) is 193 cm³/mol. The Morgan fingerprint density at radius 2 is 1.04 bits per heavy atom. The third-order valence-electron chi connectivity index (χ3n) is 9.06. The first kappa shape index (κ1) is 27.1. The van der Waals surface area contributed by atoms with Gasteiger partial charge in [0.25, 0.3) is 0 Å². The number of H-pyrrole nitrogens is 1. The average Bonchev–Trinajstić information content (AvgIpc) is 3.77. The molecular formula is C41H28N4O2. The third-order valence-corrected chi connectivity index (χ3v) is 9.06. The van der Waals surface area contributed by atoms with Gasteiger partial charge in [0.1, 0.15) is 11.5 Å². The molecule has 12 bridgehead atoms. The fraction of sp³-hybridized carbons (Fsp3) is 0.0488. The molecule has 4 aromatic carbocycles. The lowest BCUT2D eigenvalue weighted by Gasteiger charge is -2.07. The van der Waals surface area contributed by atoms with E-state index in [0.717, 1.165) is 60.8 Å². The highest BCUT2D eigenvalue weighted by atomic mass is 16.3. The molecule has 0 radical (unpaired) electrons. The molecule has 0 saturated heterocycles. The number of fused-ring (bicyclic) bond motifs is 14. The van der Waals surface area contributed by atoms with Crippen molar-refractivity contribution in [2.75, 3.05) is 0 Å². The molecule has 4 aromatic heterocycles. The minimum absolute atomic E-state index is 0.124. The summed E-state index contributed by atoms with van der Waals surface area (Å²) in [5.41, 5.74) is 9.68. The van der Waals surface area contributed by atoms with Crippen molar-refractivity contribution < 1.29 is 10.2 Å². The Labute approximate surface area is 269 Å². The largest absolute Gasteiger partial charge is 0.507 e. The number of nitrogens with zero attached hydrogens (tertiary/aromatic N) is 3. The summed E-state index contributed by atoms with van der Waals surface area (Å²) in [6, 6.07) is 34.0. The van der Waals surface area contributed by atoms with Crippen LogP contribution >= 0.6 is 0 Å². The zero-order valence-corrected chi connectivity index (χ0v) is 25.7. The van der Waals surface area contributed by atoms with Crippen LogP contribution in [0.2, 0.25) is 0 Å². The number of hydrogen-bond acceptors (Lipinski definition) is 5. The van der Waals surface area contributed by atoms with Crippen LogP contribution in [0.4, 0.5) is 0 Å². The van der Waals surface area contributed by atoms with Crippen molar-refractivity contribution in [3.05, 3.63) is 126 Å². The second kappa shape index (κ2) is 10.1. The van der Waals surface area contributed by atoms with Crippen molar-refractivity contribution in [3.8, 4) is 22.6 Å². The molecular weight excluding hydrogens is 580 g/mol. The number of aromatic hydroxyl groups is 2. The van der Waals surface area contributed by atoms with E-state index in [-0.39, 0.29) is 11.5 Å². The topological polar surface area (TPSA) is 94.9 Å². The Morgan fingerprint density at radius 1 is 0.511 bits per heavy atom. The minimum Gasteiger partial charge on any atom is -0.507 e. The van der Waals surface area contributed by atoms with E-state index in [4.69, 9.17) is 15.0 Å². The molecule has 1 aliphatic heterocycles. The van der Waals surface area contributed by atoms with Crippen LogP contribution in [-0.4, -0.2) is 30.1 Å². The first-order valence-corrected chi connectivity index (χ1v) is 15.6. The van der Waals surface area contributed by atoms with Crippen molar-refractivity contribution in [2.24, 2.45) is 0 Å². The summed E-state index contributed by atoms with van der Waals surface area (Å²) in [6.45, 7) is 4.04. The highest BCUT2D eigenvalue weighted by Crippen LogP contribution is 2.37. The monoisotopic (exact) mass is 608 g/mol. The standard InChI is InChI=1S/C41H28N4O2/c1-22-18-27-31-14-16-35(42-31)37(24-6-4-3-5-7-24)36-17-15-32(43-36)28-19-23(2)21-30(41(28)47)34-13-11-26-9-8-25-10-12-33(29(20-22)40(27)46)44-38(25)39(26)45-34/h3-21,42,46-47H,1-2H3. The summed E-state index contributed by atoms with van der Waals surface area (Å²) in [4.78, 5) is 18.9. The molecule has 6 heteroatoms. The highest BCUT2D eigenvalue weighted by Gasteiger charge is 2.15. The van der Waals surface area contributed by atoms with Gasteiger partial charge in [-0.15, -0.1) is 0 Å². The summed E-state index contributed by atoms with van der Waals surface area (Å²) in [5, 5.41) is 28.0. The molecule has 0 saturated carbocycles. The maximum Gasteiger partial charge on any atom is 0.134 e. The van der Waals surface area contributed by atoms with Gasteiger partial charge in [-0.1, -0.05) is 54.6 Å². The number of aromatic nitrogens is 4. The molecule has 47 heavy (non-hydrogen) atoms. The van der Waals surface area contributed by atoms with Gasteiger partial charge in [0.2, 0.25) is 0 Å². The molecule has 224 valence electrons. The van der Waals surface area contributed by atoms with Gasteiger partial charge in [-0.05, 0) is 91.2 Å². The van der Waals surface area contributed by atoms with E-state index in [1.807, 2.05) is 117 Å². The van der Waals surface area contributed by atoms with Crippen LogP contribution in [0.1, 0.15) is 22.5 Å². The maximum absolute atomic E-state index is 11.8. The number of phenolic OH excluding ortho intramolecular Hbond substituents is 2. The highest BCUT2D eigenvalue weighted by molar-refractivity contribution is 6.08. The molecule has 8 aromatic rings. The van der Waals surface area contributed by atoms with Crippen molar-refractivity contribution in [3.63, 3.8) is 0 Å². The molecule has 0 fully saturated rings. The van der Waals surface area contributed by atoms with E-state index < -0.39 is 0 Å². The SMILES string of the molecule is Cc1cc2c3nc(c(-c4ccccc4)c4ccc([nH]4)c4cc(C)cc(c4O)c4ccc5ccc6ccc(nc6c5n4)c(c1)c2O)C=C3. The smallest absolute Gasteiger partial charge is 0.134 e. The molecule has 0 aliphatic carbocycles. The Kier molecular flexibility index (Phi) is 5.83. The lowest BCUT2D eigenvalue weighted by atomic mass is 10.0. The zero-order valence-electron chi connectivity index (χ0n) is 25.7. The Bertz CT molecular complexity index is 2780. The van der Waals surface area contributed by atoms with Crippen molar-refractivity contribution in [2.45, 2.75) is 13.8 Å². The first-order chi connectivity index (χ1) is 22.9. The van der Waals surface area contributed by atoms with Gasteiger partial charge in [-0.3, -0.25) is 0 Å². The van der Waals surface area contributed by atoms with Crippen molar-refractivity contribution in [1.82, 2.24) is 19.9 Å². The molecule has 0 amide bonds. The van der Waals surface area contributed by atoms with Gasteiger partial charge >= 0.3 is 0 Å². The number of pyridine rings is 2. The van der Waals surface area contributed by atoms with Crippen LogP contribution in [0, 0.1) is 13.8 Å². The number of benzene rings is 4. The van der Waals surface area contributed by atoms with Gasteiger partial charge in [0.05, 0.1) is 33.5 Å². The van der Waals surface area contributed by atoms with Crippen LogP contribution in [0.25, 0.3) is 88.7 Å². The van der Waals surface area contributed by atoms with E-state index >= 15 is 0 Å². The summed E-state index contributed by atoms with van der Waals surface area (Å²) in [5.74, 6) is 0.271. The molecule has 0 unspecified atom stereocenters. The second-order valence-corrected chi connectivity index (χ2v) is 12.3. The Balaban J connectivity index is 1.54. The number of phenols is 2. The zero-order chi connectivity index (χ0) is 31.8. The van der Waals surface area contributed by atoms with Gasteiger partial charge < -0.3 is 15.2 Å². The molecule has 0 spiro atoms. The van der Waals surface area contributed by atoms with Crippen LogP contribution < -0.4 is 0 Å². The summed E-state index contributed by atoms with van der Waals surface area (Å²) in [7, 11) is 0. The molecule has 9 rings (SSSR count). The molecule has 6 nitrogen and oxygen atoms in total. The molecule has 5 heterocycles. The van der Waals surface area contributed by atoms with Gasteiger partial charge in [-0.25, -0.2) is 15.0 Å². The first-order valence-electron chi connectivity index (χ1n) is 15.6. The lowest BCUT2D eigenvalue weighted by molar-refractivity contribution is 0.486. The number of rotatable bonds is 1. The second-order valence-electron chi connectivity index (χ2n) is 12.3. The van der Waals surface area contributed by atoms with E-state index in [9.17, 15) is 10.2 Å². The molecule has 1 aliphatic rings. The third kappa shape index (κ3) is 4.30. The molecule has 0 atom stereocenters. The lowest BCUT2D eigenvalue weighted by Crippen LogP contribution is -1.88. The number of hydrogen-bond donors (Lipinski definition) is 3. The van der Waals surface area contributed by atoms with E-state index in [0.29, 0.717) is 38.3 Å². The summed E-state index contributed by atoms with van der Waals surface area (Å²) in [6.07, 6.45) is 3.94. The number of nitrogens with one attached hydrogen (secondary N) is 1.